The van der Waals surface area contributed by atoms with Crippen LogP contribution in [0.2, 0.25) is 0 Å². The molecule has 0 radical (unpaired) electrons. The van der Waals surface area contributed by atoms with Gasteiger partial charge in [0.25, 0.3) is 0 Å². The van der Waals surface area contributed by atoms with Crippen molar-refractivity contribution < 1.29 is 0 Å². The predicted molar refractivity (Wildman–Crippen MR) is 138 cm³/mol. The number of nitrogens with zero attached hydrogens (tertiary/aromatic N) is 3. The molecule has 0 saturated carbocycles. The molecule has 1 aliphatic rings. The fraction of sp³-hybridized carbons (Fsp3) is 0.292. The van der Waals surface area contributed by atoms with Gasteiger partial charge >= 0.3 is 0 Å². The minimum absolute atomic E-state index is 0. The van der Waals surface area contributed by atoms with Crippen molar-refractivity contribution in [2.45, 2.75) is 38.1 Å². The van der Waals surface area contributed by atoms with Crippen LogP contribution in [0.4, 0.5) is 5.82 Å². The van der Waals surface area contributed by atoms with Crippen molar-refractivity contribution in [3.63, 3.8) is 0 Å². The Labute approximate surface area is 204 Å². The van der Waals surface area contributed by atoms with Gasteiger partial charge in [0.05, 0.1) is 5.39 Å². The summed E-state index contributed by atoms with van der Waals surface area (Å²) >= 11 is 1.82. The summed E-state index contributed by atoms with van der Waals surface area (Å²) in [5, 5.41) is 4.76. The van der Waals surface area contributed by atoms with Gasteiger partial charge in [0.15, 0.2) is 5.82 Å². The Balaban J connectivity index is 0.00000144. The molecule has 0 bridgehead atoms. The molecule has 168 valence electrons. The fourth-order valence-electron chi connectivity index (χ4n) is 4.13. The molecule has 1 atom stereocenters. The number of pyridine rings is 1. The number of nitrogens with two attached hydrogens (primary N) is 1. The van der Waals surface area contributed by atoms with E-state index < -0.39 is 0 Å². The Kier molecular flexibility index (Phi) is 8.43. The zero-order valence-corrected chi connectivity index (χ0v) is 20.1. The monoisotopic (exact) mass is 487 g/mol. The molecule has 3 N–H and O–H groups in total. The fourth-order valence-corrected chi connectivity index (χ4v) is 5.39. The Hall–Kier alpha value is -2.25. The van der Waals surface area contributed by atoms with Gasteiger partial charge in [0.1, 0.15) is 10.6 Å². The van der Waals surface area contributed by atoms with Gasteiger partial charge in [-0.25, -0.2) is 9.97 Å². The standard InChI is InChI=1S/C24H25N5S.2ClH/c25-18(14-16-6-2-1-3-7-16)15-27-23-21-19-8-4-5-9-20(19)30-24(21)29-22(28-23)17-10-12-26-13-11-17;;/h1-3,6-7,10-13,18H,4-5,8-9,14-15,25H2,(H,27,28,29);2*1H/t18-;;/m0../s1. The molecule has 0 unspecified atom stereocenters. The Morgan fingerprint density at radius 1 is 0.969 bits per heavy atom. The number of aryl methyl sites for hydroxylation is 2. The molecule has 0 amide bonds. The normalized spacial score (nSPS) is 13.5. The lowest BCUT2D eigenvalue weighted by Crippen LogP contribution is -2.31. The maximum Gasteiger partial charge on any atom is 0.163 e. The number of halogens is 2. The number of nitrogens with one attached hydrogen (secondary N) is 1. The highest BCUT2D eigenvalue weighted by molar-refractivity contribution is 7.19. The van der Waals surface area contributed by atoms with Crippen LogP contribution in [-0.2, 0) is 19.3 Å². The largest absolute Gasteiger partial charge is 0.368 e. The average Bonchev–Trinajstić information content (AvgIpc) is 3.17. The first-order chi connectivity index (χ1) is 14.8. The van der Waals surface area contributed by atoms with Gasteiger partial charge in [-0.05, 0) is 55.4 Å². The lowest BCUT2D eigenvalue weighted by atomic mass is 9.97. The van der Waals surface area contributed by atoms with E-state index in [1.165, 1.54) is 34.2 Å². The van der Waals surface area contributed by atoms with E-state index in [0.29, 0.717) is 6.54 Å². The Morgan fingerprint density at radius 3 is 2.50 bits per heavy atom. The number of benzene rings is 1. The van der Waals surface area contributed by atoms with Crippen molar-refractivity contribution in [2.24, 2.45) is 5.73 Å². The van der Waals surface area contributed by atoms with Crippen LogP contribution in [0.25, 0.3) is 21.6 Å². The van der Waals surface area contributed by atoms with Crippen molar-refractivity contribution >= 4 is 52.2 Å². The van der Waals surface area contributed by atoms with Crippen molar-refractivity contribution in [1.82, 2.24) is 15.0 Å². The van der Waals surface area contributed by atoms with E-state index in [9.17, 15) is 0 Å². The molecule has 1 aromatic carbocycles. The van der Waals surface area contributed by atoms with Crippen molar-refractivity contribution in [3.8, 4) is 11.4 Å². The highest BCUT2D eigenvalue weighted by atomic mass is 35.5. The molecule has 0 aliphatic heterocycles. The number of hydrogen-bond acceptors (Lipinski definition) is 6. The first-order valence-corrected chi connectivity index (χ1v) is 11.4. The molecule has 3 aromatic heterocycles. The quantitative estimate of drug-likeness (QED) is 0.377. The zero-order valence-electron chi connectivity index (χ0n) is 17.7. The van der Waals surface area contributed by atoms with Gasteiger partial charge in [-0.3, -0.25) is 4.98 Å². The first kappa shape index (κ1) is 24.4. The van der Waals surface area contributed by atoms with Gasteiger partial charge in [-0.2, -0.15) is 0 Å². The molecule has 0 spiro atoms. The van der Waals surface area contributed by atoms with Crippen LogP contribution < -0.4 is 11.1 Å². The molecule has 0 fully saturated rings. The van der Waals surface area contributed by atoms with E-state index in [2.05, 4.69) is 34.6 Å². The van der Waals surface area contributed by atoms with E-state index >= 15 is 0 Å². The highest BCUT2D eigenvalue weighted by Crippen LogP contribution is 2.39. The average molecular weight is 488 g/mol. The lowest BCUT2D eigenvalue weighted by Gasteiger charge is -2.16. The van der Waals surface area contributed by atoms with Gasteiger partial charge in [-0.1, -0.05) is 30.3 Å². The maximum absolute atomic E-state index is 6.45. The van der Waals surface area contributed by atoms with Crippen LogP contribution in [0.1, 0.15) is 28.8 Å². The van der Waals surface area contributed by atoms with Crippen molar-refractivity contribution in [3.05, 3.63) is 70.9 Å². The second kappa shape index (κ2) is 11.1. The molecule has 5 nitrogen and oxygen atoms in total. The van der Waals surface area contributed by atoms with Gasteiger partial charge in [-0.15, -0.1) is 36.2 Å². The van der Waals surface area contributed by atoms with E-state index in [-0.39, 0.29) is 30.9 Å². The van der Waals surface area contributed by atoms with E-state index in [1.807, 2.05) is 29.5 Å². The molecular weight excluding hydrogens is 461 g/mol. The van der Waals surface area contributed by atoms with Crippen LogP contribution in [0.3, 0.4) is 0 Å². The van der Waals surface area contributed by atoms with Crippen LogP contribution in [0.5, 0.6) is 0 Å². The summed E-state index contributed by atoms with van der Waals surface area (Å²) in [7, 11) is 0. The molecule has 0 saturated heterocycles. The van der Waals surface area contributed by atoms with Crippen LogP contribution in [0, 0.1) is 0 Å². The molecule has 32 heavy (non-hydrogen) atoms. The number of rotatable bonds is 6. The van der Waals surface area contributed by atoms with Gasteiger partial charge in [0.2, 0.25) is 0 Å². The highest BCUT2D eigenvalue weighted by Gasteiger charge is 2.21. The summed E-state index contributed by atoms with van der Waals surface area (Å²) in [5.41, 5.74) is 10.1. The van der Waals surface area contributed by atoms with Crippen LogP contribution in [0.15, 0.2) is 54.9 Å². The topological polar surface area (TPSA) is 76.7 Å². The molecule has 1 aliphatic carbocycles. The number of thiophene rings is 1. The number of anilines is 1. The van der Waals surface area contributed by atoms with E-state index in [1.54, 1.807) is 12.4 Å². The predicted octanol–water partition coefficient (Wildman–Crippen LogP) is 5.46. The summed E-state index contributed by atoms with van der Waals surface area (Å²) in [6, 6.07) is 14.3. The summed E-state index contributed by atoms with van der Waals surface area (Å²) in [5.74, 6) is 1.65. The number of aromatic nitrogens is 3. The second-order valence-corrected chi connectivity index (χ2v) is 8.94. The molecule has 4 aromatic rings. The van der Waals surface area contributed by atoms with Crippen molar-refractivity contribution in [2.75, 3.05) is 11.9 Å². The third kappa shape index (κ3) is 5.21. The minimum Gasteiger partial charge on any atom is -0.368 e. The second-order valence-electron chi connectivity index (χ2n) is 7.85. The van der Waals surface area contributed by atoms with Crippen LogP contribution >= 0.6 is 36.2 Å². The Morgan fingerprint density at radius 2 is 1.72 bits per heavy atom. The lowest BCUT2D eigenvalue weighted by molar-refractivity contribution is 0.695. The molecular formula is C24H27Cl2N5S. The van der Waals surface area contributed by atoms with Gasteiger partial charge in [0, 0.05) is 35.4 Å². The summed E-state index contributed by atoms with van der Waals surface area (Å²) < 4.78 is 0. The van der Waals surface area contributed by atoms with Gasteiger partial charge < -0.3 is 11.1 Å². The first-order valence-electron chi connectivity index (χ1n) is 10.5. The third-order valence-corrected chi connectivity index (χ3v) is 6.81. The third-order valence-electron chi connectivity index (χ3n) is 5.63. The number of hydrogen-bond donors (Lipinski definition) is 2. The maximum atomic E-state index is 6.45. The summed E-state index contributed by atoms with van der Waals surface area (Å²) in [6.07, 6.45) is 9.15. The smallest absolute Gasteiger partial charge is 0.163 e. The number of fused-ring (bicyclic) bond motifs is 3. The molecule has 3 heterocycles. The summed E-state index contributed by atoms with van der Waals surface area (Å²) in [6.45, 7) is 0.668. The molecule has 5 rings (SSSR count). The van der Waals surface area contributed by atoms with E-state index in [0.717, 1.165) is 41.3 Å². The summed E-state index contributed by atoms with van der Waals surface area (Å²) in [4.78, 5) is 16.5. The van der Waals surface area contributed by atoms with Crippen molar-refractivity contribution in [1.29, 1.82) is 0 Å². The molecule has 8 heteroatoms. The van der Waals surface area contributed by atoms with E-state index in [4.69, 9.17) is 15.7 Å². The zero-order chi connectivity index (χ0) is 20.3. The minimum atomic E-state index is 0. The Bertz CT molecular complexity index is 1150. The van der Waals surface area contributed by atoms with Crippen LogP contribution in [-0.4, -0.2) is 27.5 Å². The SMILES string of the molecule is Cl.Cl.N[C@H](CNc1nc(-c2ccncc2)nc2sc3c(c12)CCCC3)Cc1ccccc1.